The highest BCUT2D eigenvalue weighted by Crippen LogP contribution is 2.44. The van der Waals surface area contributed by atoms with Crippen molar-refractivity contribution in [2.45, 2.75) is 77.2 Å². The second kappa shape index (κ2) is 14.4. The number of nitrogens with zero attached hydrogens (tertiary/aromatic N) is 4. The molecule has 0 spiro atoms. The Morgan fingerprint density at radius 1 is 0.944 bits per heavy atom. The third-order valence-electron chi connectivity index (χ3n) is 10.5. The number of esters is 1. The average Bonchev–Trinajstić information content (AvgIpc) is 3.35. The minimum absolute atomic E-state index is 0.0690. The number of fused-ring (bicyclic) bond motifs is 3. The lowest BCUT2D eigenvalue weighted by atomic mass is 9.96. The Morgan fingerprint density at radius 3 is 2.26 bits per heavy atom. The molecular weight excluding hydrogens is 738 g/mol. The van der Waals surface area contributed by atoms with E-state index in [0.717, 1.165) is 18.5 Å². The van der Waals surface area contributed by atoms with Crippen molar-refractivity contribution in [3.63, 3.8) is 0 Å². The fourth-order valence-electron chi connectivity index (χ4n) is 8.09. The Labute approximate surface area is 324 Å². The number of amides is 2. The molecule has 4 aliphatic rings. The number of halogens is 3. The Kier molecular flexibility index (Phi) is 10.2. The van der Waals surface area contributed by atoms with Crippen LogP contribution in [0.2, 0.25) is 10.0 Å². The average molecular weight is 784 g/mol. The van der Waals surface area contributed by atoms with Crippen LogP contribution in [0.15, 0.2) is 42.5 Å². The summed E-state index contributed by atoms with van der Waals surface area (Å²) in [7, 11) is 1.28. The molecule has 54 heavy (non-hydrogen) atoms. The van der Waals surface area contributed by atoms with Crippen LogP contribution in [0, 0.1) is 5.82 Å². The van der Waals surface area contributed by atoms with E-state index in [-0.39, 0.29) is 58.2 Å². The smallest absolute Gasteiger partial charge is 0.410 e. The van der Waals surface area contributed by atoms with Gasteiger partial charge in [-0.15, -0.1) is 0 Å². The summed E-state index contributed by atoms with van der Waals surface area (Å²) in [6.07, 6.45) is 1.45. The number of methoxy groups -OCH3 is 1. The first-order chi connectivity index (χ1) is 25.6. The zero-order chi connectivity index (χ0) is 38.7. The van der Waals surface area contributed by atoms with Gasteiger partial charge in [-0.2, -0.15) is 0 Å². The molecule has 3 saturated heterocycles. The molecule has 14 heteroatoms. The van der Waals surface area contributed by atoms with Crippen molar-refractivity contribution >= 4 is 52.5 Å². The fourth-order valence-corrected chi connectivity index (χ4v) is 8.72. The maximum atomic E-state index is 16.0. The van der Waals surface area contributed by atoms with Gasteiger partial charge in [-0.05, 0) is 71.7 Å². The first-order valence-corrected chi connectivity index (χ1v) is 18.9. The van der Waals surface area contributed by atoms with Gasteiger partial charge in [0, 0.05) is 42.0 Å². The fraction of sp³-hybridized carbons (Fsp3) is 0.475. The van der Waals surface area contributed by atoms with E-state index in [4.69, 9.17) is 42.1 Å². The third kappa shape index (κ3) is 7.15. The Bertz CT molecular complexity index is 1960. The summed E-state index contributed by atoms with van der Waals surface area (Å²) in [4.78, 5) is 47.1. The van der Waals surface area contributed by atoms with E-state index in [1.165, 1.54) is 18.1 Å². The van der Waals surface area contributed by atoms with Crippen LogP contribution in [0.1, 0.15) is 73.7 Å². The third-order valence-corrected chi connectivity index (χ3v) is 11.1. The van der Waals surface area contributed by atoms with E-state index in [1.54, 1.807) is 35.2 Å². The van der Waals surface area contributed by atoms with E-state index in [9.17, 15) is 14.4 Å². The lowest BCUT2D eigenvalue weighted by Gasteiger charge is -2.48. The maximum Gasteiger partial charge on any atom is 0.410 e. The van der Waals surface area contributed by atoms with Crippen LogP contribution in [0.5, 0.6) is 5.75 Å². The van der Waals surface area contributed by atoms with E-state index < -0.39 is 28.8 Å². The van der Waals surface area contributed by atoms with Gasteiger partial charge in [0.05, 0.1) is 71.4 Å². The molecule has 2 bridgehead atoms. The number of benzene rings is 3. The molecule has 3 aromatic rings. The molecule has 2 amide bonds. The van der Waals surface area contributed by atoms with Gasteiger partial charge >= 0.3 is 12.1 Å². The first kappa shape index (κ1) is 38.0. The molecule has 0 N–H and O–H groups in total. The van der Waals surface area contributed by atoms with Crippen molar-refractivity contribution in [2.75, 3.05) is 56.5 Å². The van der Waals surface area contributed by atoms with Crippen LogP contribution in [0.25, 0.3) is 11.1 Å². The van der Waals surface area contributed by atoms with Crippen molar-refractivity contribution in [3.05, 3.63) is 75.0 Å². The largest absolute Gasteiger partial charge is 0.472 e. The Hall–Kier alpha value is -4.26. The van der Waals surface area contributed by atoms with Gasteiger partial charge in [-0.3, -0.25) is 4.79 Å². The number of carbonyl (C=O) groups excluding carboxylic acids is 3. The molecule has 2 atom stereocenters. The lowest BCUT2D eigenvalue weighted by molar-refractivity contribution is 0.0179. The predicted octanol–water partition coefficient (Wildman–Crippen LogP) is 7.78. The summed E-state index contributed by atoms with van der Waals surface area (Å²) in [5.41, 5.74) is 1.99. The number of morpholine rings is 1. The predicted molar refractivity (Wildman–Crippen MR) is 204 cm³/mol. The quantitative estimate of drug-likeness (QED) is 0.240. The van der Waals surface area contributed by atoms with Crippen LogP contribution in [-0.4, -0.2) is 97.7 Å². The van der Waals surface area contributed by atoms with Crippen LogP contribution < -0.4 is 14.5 Å². The molecule has 7 rings (SSSR count). The second-order valence-electron chi connectivity index (χ2n) is 15.9. The van der Waals surface area contributed by atoms with Crippen molar-refractivity contribution < 1.29 is 37.7 Å². The summed E-state index contributed by atoms with van der Waals surface area (Å²) in [6.45, 7) is 12.0. The lowest BCUT2D eigenvalue weighted by Crippen LogP contribution is -2.61. The van der Waals surface area contributed by atoms with Crippen LogP contribution in [0.3, 0.4) is 0 Å². The molecule has 4 heterocycles. The number of carbonyl (C=O) groups is 3. The van der Waals surface area contributed by atoms with Gasteiger partial charge in [0.25, 0.3) is 5.91 Å². The molecule has 3 fully saturated rings. The van der Waals surface area contributed by atoms with E-state index in [2.05, 4.69) is 9.80 Å². The van der Waals surface area contributed by atoms with E-state index in [1.807, 2.05) is 40.7 Å². The number of piperazine rings is 1. The molecule has 288 valence electrons. The number of hydrogen-bond acceptors (Lipinski definition) is 9. The van der Waals surface area contributed by atoms with Gasteiger partial charge in [0.1, 0.15) is 17.2 Å². The van der Waals surface area contributed by atoms with Gasteiger partial charge in [-0.25, -0.2) is 14.0 Å². The minimum Gasteiger partial charge on any atom is -0.472 e. The van der Waals surface area contributed by atoms with E-state index in [0.29, 0.717) is 55.4 Å². The van der Waals surface area contributed by atoms with Crippen LogP contribution in [0.4, 0.5) is 20.6 Å². The molecule has 2 unspecified atom stereocenters. The highest BCUT2D eigenvalue weighted by atomic mass is 35.5. The highest BCUT2D eigenvalue weighted by Gasteiger charge is 2.41. The van der Waals surface area contributed by atoms with Crippen molar-refractivity contribution in [1.29, 1.82) is 0 Å². The molecule has 0 aliphatic carbocycles. The second-order valence-corrected chi connectivity index (χ2v) is 16.7. The summed E-state index contributed by atoms with van der Waals surface area (Å²) in [6, 6.07) is 11.9. The SMILES string of the molecule is COC(=O)c1cc(F)c(-c2cccc3c2OCN(C(=O)c2c(Cl)cc(N4CCN(C(=O)OC(C)(C)C)CC4(C)C)cc2Cl)C3)cc1N1C2CCC1COC2. The summed E-state index contributed by atoms with van der Waals surface area (Å²) >= 11 is 13.6. The minimum atomic E-state index is -0.614. The summed E-state index contributed by atoms with van der Waals surface area (Å²) in [5, 5.41) is 0.370. The summed E-state index contributed by atoms with van der Waals surface area (Å²) in [5.74, 6) is -1.18. The van der Waals surface area contributed by atoms with Crippen LogP contribution in [-0.2, 0) is 20.8 Å². The van der Waals surface area contributed by atoms with Gasteiger partial charge < -0.3 is 38.5 Å². The zero-order valence-electron chi connectivity index (χ0n) is 31.3. The standard InChI is InChI=1S/C40H45Cl2FN4O7/c1-39(2,3)54-38(50)44-12-13-46(40(4,5)21-44)26-14-30(41)34(31(42)15-26)36(48)45-18-23-8-7-9-27(35(23)53-22-45)28-17-33(29(16-32(28)43)37(49)51-6)47-24-10-11-25(47)20-52-19-24/h7-9,14-17,24-25H,10-13,18-22H2,1-6H3. The topological polar surface area (TPSA) is 101 Å². The monoisotopic (exact) mass is 782 g/mol. The number of ether oxygens (including phenoxy) is 4. The number of anilines is 2. The number of hydrogen-bond donors (Lipinski definition) is 0. The normalized spacial score (nSPS) is 20.7. The molecule has 0 radical (unpaired) electrons. The van der Waals surface area contributed by atoms with Crippen molar-refractivity contribution in [2.24, 2.45) is 0 Å². The summed E-state index contributed by atoms with van der Waals surface area (Å²) < 4.78 is 38.6. The molecule has 0 saturated carbocycles. The first-order valence-electron chi connectivity index (χ1n) is 18.1. The molecule has 3 aromatic carbocycles. The van der Waals surface area contributed by atoms with Crippen molar-refractivity contribution in [3.8, 4) is 16.9 Å². The molecule has 4 aliphatic heterocycles. The Balaban J connectivity index is 1.12. The van der Waals surface area contributed by atoms with Gasteiger partial charge in [-0.1, -0.05) is 41.4 Å². The molecule has 11 nitrogen and oxygen atoms in total. The molecular formula is C40H45Cl2FN4O7. The van der Waals surface area contributed by atoms with Gasteiger partial charge in [0.15, 0.2) is 6.73 Å². The number of rotatable bonds is 5. The van der Waals surface area contributed by atoms with Crippen molar-refractivity contribution in [1.82, 2.24) is 9.80 Å². The zero-order valence-corrected chi connectivity index (χ0v) is 32.9. The highest BCUT2D eigenvalue weighted by molar-refractivity contribution is 6.40. The molecule has 0 aromatic heterocycles. The maximum absolute atomic E-state index is 16.0. The van der Waals surface area contributed by atoms with Gasteiger partial charge in [0.2, 0.25) is 0 Å². The van der Waals surface area contributed by atoms with Crippen LogP contribution >= 0.6 is 23.2 Å². The number of para-hydroxylation sites is 1. The van der Waals surface area contributed by atoms with E-state index >= 15 is 4.39 Å². The Morgan fingerprint density at radius 2 is 1.63 bits per heavy atom.